The molecule has 1 aromatic heterocycles. The quantitative estimate of drug-likeness (QED) is 0.322. The number of piperidine rings is 1. The second-order valence-corrected chi connectivity index (χ2v) is 11.5. The molecule has 5 rings (SSSR count). The molecule has 2 aromatic carbocycles. The summed E-state index contributed by atoms with van der Waals surface area (Å²) >= 11 is 0. The zero-order chi connectivity index (χ0) is 32.1. The number of aryl methyl sites for hydroxylation is 1. The lowest BCUT2D eigenvalue weighted by atomic mass is 9.85. The molecule has 1 spiro atoms. The molecule has 0 radical (unpaired) electrons. The smallest absolute Gasteiger partial charge is 0.416 e. The molecule has 5 amide bonds. The Morgan fingerprint density at radius 3 is 2.41 bits per heavy atom. The Hall–Kier alpha value is -4.49. The van der Waals surface area contributed by atoms with Crippen LogP contribution in [0, 0.1) is 18.7 Å². The molecule has 0 saturated carbocycles. The Labute approximate surface area is 250 Å². The monoisotopic (exact) mass is 617 g/mol. The highest BCUT2D eigenvalue weighted by Crippen LogP contribution is 2.38. The van der Waals surface area contributed by atoms with E-state index in [-0.39, 0.29) is 38.4 Å². The molecule has 0 aliphatic carbocycles. The van der Waals surface area contributed by atoms with E-state index in [4.69, 9.17) is 4.42 Å². The van der Waals surface area contributed by atoms with Crippen molar-refractivity contribution in [3.63, 3.8) is 0 Å². The van der Waals surface area contributed by atoms with E-state index >= 15 is 0 Å². The van der Waals surface area contributed by atoms with Crippen molar-refractivity contribution in [3.05, 3.63) is 64.8 Å². The van der Waals surface area contributed by atoms with Gasteiger partial charge in [0.2, 0.25) is 5.91 Å². The highest BCUT2D eigenvalue weighted by Gasteiger charge is 2.57. The van der Waals surface area contributed by atoms with Crippen molar-refractivity contribution in [2.75, 3.05) is 20.1 Å². The molecule has 10 nitrogen and oxygen atoms in total. The number of hydrogen-bond acceptors (Lipinski definition) is 6. The fourth-order valence-electron chi connectivity index (χ4n) is 5.85. The van der Waals surface area contributed by atoms with Crippen molar-refractivity contribution >= 4 is 34.9 Å². The van der Waals surface area contributed by atoms with Gasteiger partial charge in [0.25, 0.3) is 11.8 Å². The SMILES string of the molecule is Cc1nc2cc(CN3C(=O)N(C)C(=O)C34CCN(C(=O)[C@H](NC(=O)c3cc(C(F)(F)F)ccc3F)C(C)C)CC4)ccc2o1. The van der Waals surface area contributed by atoms with Crippen LogP contribution in [0.5, 0.6) is 0 Å². The normalized spacial score (nSPS) is 17.7. The topological polar surface area (TPSA) is 116 Å². The van der Waals surface area contributed by atoms with Gasteiger partial charge in [-0.3, -0.25) is 19.3 Å². The molecule has 44 heavy (non-hydrogen) atoms. The molecule has 2 fully saturated rings. The van der Waals surface area contributed by atoms with E-state index in [2.05, 4.69) is 10.3 Å². The van der Waals surface area contributed by atoms with Crippen LogP contribution >= 0.6 is 0 Å². The molecule has 0 unspecified atom stereocenters. The molecule has 14 heteroatoms. The first kappa shape index (κ1) is 31.0. The number of urea groups is 1. The van der Waals surface area contributed by atoms with Crippen LogP contribution in [0.4, 0.5) is 22.4 Å². The number of imide groups is 1. The number of carbonyl (C=O) groups excluding carboxylic acids is 4. The third-order valence-electron chi connectivity index (χ3n) is 8.30. The van der Waals surface area contributed by atoms with E-state index in [1.807, 2.05) is 0 Å². The van der Waals surface area contributed by atoms with Gasteiger partial charge in [0.05, 0.1) is 11.1 Å². The molecule has 3 aromatic rings. The fourth-order valence-corrected chi connectivity index (χ4v) is 5.85. The largest absolute Gasteiger partial charge is 0.441 e. The lowest BCUT2D eigenvalue weighted by molar-refractivity contribution is -0.142. The first-order chi connectivity index (χ1) is 20.6. The number of likely N-dealkylation sites (N-methyl/N-ethyl adjacent to an activating group) is 1. The highest BCUT2D eigenvalue weighted by molar-refractivity contribution is 6.07. The van der Waals surface area contributed by atoms with E-state index in [1.165, 1.54) is 16.8 Å². The minimum atomic E-state index is -4.79. The molecular weight excluding hydrogens is 586 g/mol. The minimum Gasteiger partial charge on any atom is -0.441 e. The number of amides is 5. The number of hydrogen-bond donors (Lipinski definition) is 1. The third-order valence-corrected chi connectivity index (χ3v) is 8.30. The van der Waals surface area contributed by atoms with Gasteiger partial charge < -0.3 is 19.5 Å². The summed E-state index contributed by atoms with van der Waals surface area (Å²) in [4.78, 5) is 61.4. The average molecular weight is 618 g/mol. The van der Waals surface area contributed by atoms with E-state index in [1.54, 1.807) is 39.0 Å². The van der Waals surface area contributed by atoms with Crippen molar-refractivity contribution in [2.24, 2.45) is 5.92 Å². The van der Waals surface area contributed by atoms with E-state index < -0.39 is 58.5 Å². The number of aromatic nitrogens is 1. The number of halogens is 4. The summed E-state index contributed by atoms with van der Waals surface area (Å²) in [6.07, 6.45) is -4.54. The number of nitrogens with zero attached hydrogens (tertiary/aromatic N) is 4. The van der Waals surface area contributed by atoms with Gasteiger partial charge in [-0.1, -0.05) is 19.9 Å². The Morgan fingerprint density at radius 1 is 1.09 bits per heavy atom. The number of likely N-dealkylation sites (tertiary alicyclic amines) is 1. The van der Waals surface area contributed by atoms with Crippen LogP contribution in [0.1, 0.15) is 54.1 Å². The second-order valence-electron chi connectivity index (χ2n) is 11.5. The van der Waals surface area contributed by atoms with E-state index in [0.717, 1.165) is 10.5 Å². The summed E-state index contributed by atoms with van der Waals surface area (Å²) in [7, 11) is 1.41. The van der Waals surface area contributed by atoms with Crippen LogP contribution in [-0.2, 0) is 22.3 Å². The van der Waals surface area contributed by atoms with Gasteiger partial charge in [0.1, 0.15) is 22.9 Å². The van der Waals surface area contributed by atoms with Crippen LogP contribution in [0.25, 0.3) is 11.1 Å². The van der Waals surface area contributed by atoms with Gasteiger partial charge in [0, 0.05) is 33.6 Å². The summed E-state index contributed by atoms with van der Waals surface area (Å²) in [5.74, 6) is -3.23. The Bertz CT molecular complexity index is 1640. The lowest BCUT2D eigenvalue weighted by Crippen LogP contribution is -2.60. The standard InChI is InChI=1S/C30H31F4N5O5/c1-16(2)24(36-25(40)20-14-19(30(32,33)34)6-7-21(20)31)26(41)38-11-9-29(10-12-38)27(42)37(4)28(43)39(29)15-18-5-8-23-22(13-18)35-17(3)44-23/h5-8,13-14,16,24H,9-12,15H2,1-4H3,(H,36,40)/t24-/m1/s1. The van der Waals surface area contributed by atoms with Crippen LogP contribution < -0.4 is 5.32 Å². The predicted octanol–water partition coefficient (Wildman–Crippen LogP) is 4.50. The maximum atomic E-state index is 14.4. The molecule has 2 aliphatic rings. The predicted molar refractivity (Wildman–Crippen MR) is 148 cm³/mol. The van der Waals surface area contributed by atoms with Gasteiger partial charge in [-0.25, -0.2) is 14.2 Å². The van der Waals surface area contributed by atoms with Crippen LogP contribution in [0.3, 0.4) is 0 Å². The third kappa shape index (κ3) is 5.48. The van der Waals surface area contributed by atoms with Gasteiger partial charge in [-0.2, -0.15) is 13.2 Å². The summed E-state index contributed by atoms with van der Waals surface area (Å²) in [5, 5.41) is 2.40. The Morgan fingerprint density at radius 2 is 1.77 bits per heavy atom. The molecule has 234 valence electrons. The zero-order valence-electron chi connectivity index (χ0n) is 24.5. The Kier molecular flexibility index (Phi) is 7.89. The summed E-state index contributed by atoms with van der Waals surface area (Å²) in [5.41, 5.74) is -1.27. The molecule has 0 bridgehead atoms. The number of rotatable bonds is 6. The molecule has 2 aliphatic heterocycles. The number of carbonyl (C=O) groups is 4. The summed E-state index contributed by atoms with van der Waals surface area (Å²) < 4.78 is 59.4. The van der Waals surface area contributed by atoms with Crippen LogP contribution in [0.2, 0.25) is 0 Å². The summed E-state index contributed by atoms with van der Waals surface area (Å²) in [6.45, 7) is 5.26. The highest BCUT2D eigenvalue weighted by atomic mass is 19.4. The number of fused-ring (bicyclic) bond motifs is 1. The fraction of sp³-hybridized carbons (Fsp3) is 0.433. The first-order valence-electron chi connectivity index (χ1n) is 14.0. The van der Waals surface area contributed by atoms with Gasteiger partial charge in [-0.15, -0.1) is 0 Å². The van der Waals surface area contributed by atoms with Crippen molar-refractivity contribution in [1.29, 1.82) is 0 Å². The number of alkyl halides is 3. The van der Waals surface area contributed by atoms with E-state index in [0.29, 0.717) is 35.2 Å². The number of benzene rings is 2. The second kappa shape index (κ2) is 11.2. The summed E-state index contributed by atoms with van der Waals surface area (Å²) in [6, 6.07) is 5.18. The number of oxazole rings is 1. The maximum absolute atomic E-state index is 14.4. The van der Waals surface area contributed by atoms with Crippen LogP contribution in [-0.4, -0.2) is 75.2 Å². The molecular formula is C30H31F4N5O5. The minimum absolute atomic E-state index is 0.0702. The lowest BCUT2D eigenvalue weighted by Gasteiger charge is -2.43. The number of nitrogens with one attached hydrogen (secondary N) is 1. The zero-order valence-corrected chi connectivity index (χ0v) is 24.5. The average Bonchev–Trinajstić information content (AvgIpc) is 3.42. The van der Waals surface area contributed by atoms with Crippen molar-refractivity contribution < 1.29 is 41.2 Å². The Balaban J connectivity index is 1.32. The van der Waals surface area contributed by atoms with Crippen LogP contribution in [0.15, 0.2) is 40.8 Å². The van der Waals surface area contributed by atoms with Gasteiger partial charge in [-0.05, 0) is 54.7 Å². The maximum Gasteiger partial charge on any atom is 0.416 e. The molecule has 2 saturated heterocycles. The van der Waals surface area contributed by atoms with Gasteiger partial charge >= 0.3 is 12.2 Å². The van der Waals surface area contributed by atoms with Gasteiger partial charge in [0.15, 0.2) is 11.5 Å². The molecule has 1 atom stereocenters. The first-order valence-corrected chi connectivity index (χ1v) is 14.0. The molecule has 1 N–H and O–H groups in total. The van der Waals surface area contributed by atoms with E-state index in [9.17, 15) is 36.7 Å². The molecule has 3 heterocycles. The van der Waals surface area contributed by atoms with Crippen molar-refractivity contribution in [3.8, 4) is 0 Å². The van der Waals surface area contributed by atoms with Crippen molar-refractivity contribution in [2.45, 2.75) is 57.9 Å². The van der Waals surface area contributed by atoms with Crippen molar-refractivity contribution in [1.82, 2.24) is 25.0 Å².